The van der Waals surface area contributed by atoms with Gasteiger partial charge in [-0.25, -0.2) is 0 Å². The largest absolute Gasteiger partial charge is 0.361 e. The van der Waals surface area contributed by atoms with Gasteiger partial charge in [-0.3, -0.25) is 4.79 Å². The fourth-order valence-corrected chi connectivity index (χ4v) is 4.87. The third kappa shape index (κ3) is 5.55. The fraction of sp³-hybridized carbons (Fsp3) is 0.222. The van der Waals surface area contributed by atoms with E-state index in [0.717, 1.165) is 34.0 Å². The van der Waals surface area contributed by atoms with Gasteiger partial charge in [-0.1, -0.05) is 78.1 Å². The molecule has 4 rings (SSSR count). The maximum absolute atomic E-state index is 13.0. The van der Waals surface area contributed by atoms with Crippen molar-refractivity contribution in [1.29, 1.82) is 0 Å². The van der Waals surface area contributed by atoms with Gasteiger partial charge < -0.3 is 10.3 Å². The molecule has 1 amide bonds. The molecule has 3 nitrogen and oxygen atoms in total. The highest BCUT2D eigenvalue weighted by molar-refractivity contribution is 6.35. The van der Waals surface area contributed by atoms with Crippen LogP contribution in [0, 0.1) is 0 Å². The molecule has 0 aliphatic carbocycles. The Hall–Kier alpha value is -2.46. The minimum Gasteiger partial charge on any atom is -0.361 e. The first-order chi connectivity index (χ1) is 16.0. The second-order valence-corrected chi connectivity index (χ2v) is 9.36. The molecule has 0 bridgehead atoms. The normalized spacial score (nSPS) is 12.1. The average Bonchev–Trinajstić information content (AvgIpc) is 3.24. The highest BCUT2D eigenvalue weighted by Gasteiger charge is 2.22. The number of carbonyl (C=O) groups is 1. The summed E-state index contributed by atoms with van der Waals surface area (Å²) in [7, 11) is 0. The van der Waals surface area contributed by atoms with Gasteiger partial charge in [0.15, 0.2) is 0 Å². The van der Waals surface area contributed by atoms with Gasteiger partial charge in [-0.2, -0.15) is 0 Å². The molecule has 0 spiro atoms. The number of fused-ring (bicyclic) bond motifs is 1. The minimum absolute atomic E-state index is 0.0129. The van der Waals surface area contributed by atoms with Crippen molar-refractivity contribution >= 4 is 51.6 Å². The molecule has 33 heavy (non-hydrogen) atoms. The Balaban J connectivity index is 1.54. The van der Waals surface area contributed by atoms with Crippen molar-refractivity contribution < 1.29 is 4.79 Å². The molecule has 170 valence electrons. The lowest BCUT2D eigenvalue weighted by molar-refractivity contribution is -0.121. The van der Waals surface area contributed by atoms with Crippen molar-refractivity contribution in [3.63, 3.8) is 0 Å². The SMILES string of the molecule is CCc1cccc2c([C@H](CC(=O)NCCc3ccc(Cl)cc3Cl)c3ccc(Cl)cc3)c[nH]c12. The Morgan fingerprint density at radius 1 is 0.970 bits per heavy atom. The quantitative estimate of drug-likeness (QED) is 0.258. The second kappa shape index (κ2) is 10.6. The number of nitrogens with one attached hydrogen (secondary N) is 2. The van der Waals surface area contributed by atoms with Crippen molar-refractivity contribution in [2.24, 2.45) is 0 Å². The summed E-state index contributed by atoms with van der Waals surface area (Å²) in [6.07, 6.45) is 3.94. The van der Waals surface area contributed by atoms with Crippen LogP contribution in [0.15, 0.2) is 66.9 Å². The molecule has 0 fully saturated rings. The lowest BCUT2D eigenvalue weighted by atomic mass is 9.87. The first kappa shape index (κ1) is 23.7. The monoisotopic (exact) mass is 498 g/mol. The van der Waals surface area contributed by atoms with Crippen molar-refractivity contribution in [3.05, 3.63) is 104 Å². The zero-order valence-electron chi connectivity index (χ0n) is 18.3. The van der Waals surface area contributed by atoms with Gasteiger partial charge in [-0.05, 0) is 59.4 Å². The summed E-state index contributed by atoms with van der Waals surface area (Å²) in [6.45, 7) is 2.65. The van der Waals surface area contributed by atoms with Gasteiger partial charge in [0.25, 0.3) is 0 Å². The summed E-state index contributed by atoms with van der Waals surface area (Å²) in [4.78, 5) is 16.4. The Kier molecular flexibility index (Phi) is 7.64. The number of hydrogen-bond acceptors (Lipinski definition) is 1. The van der Waals surface area contributed by atoms with Gasteiger partial charge in [0.1, 0.15) is 0 Å². The number of H-pyrrole nitrogens is 1. The molecular weight excluding hydrogens is 475 g/mol. The number of para-hydroxylation sites is 1. The van der Waals surface area contributed by atoms with E-state index < -0.39 is 0 Å². The number of aromatic nitrogens is 1. The zero-order chi connectivity index (χ0) is 23.4. The van der Waals surface area contributed by atoms with Crippen LogP contribution in [0.25, 0.3) is 10.9 Å². The lowest BCUT2D eigenvalue weighted by Gasteiger charge is -2.18. The van der Waals surface area contributed by atoms with E-state index in [1.54, 1.807) is 6.07 Å². The molecule has 0 unspecified atom stereocenters. The van der Waals surface area contributed by atoms with Crippen molar-refractivity contribution in [3.8, 4) is 0 Å². The Labute approximate surface area is 209 Å². The molecule has 0 radical (unpaired) electrons. The number of rotatable bonds is 8. The van der Waals surface area contributed by atoms with Gasteiger partial charge in [-0.15, -0.1) is 0 Å². The summed E-state index contributed by atoms with van der Waals surface area (Å²) < 4.78 is 0. The van der Waals surface area contributed by atoms with Crippen LogP contribution in [0.3, 0.4) is 0 Å². The van der Waals surface area contributed by atoms with Crippen molar-refractivity contribution in [2.75, 3.05) is 6.54 Å². The summed E-state index contributed by atoms with van der Waals surface area (Å²) in [5, 5.41) is 6.09. The molecule has 4 aromatic rings. The van der Waals surface area contributed by atoms with E-state index in [1.165, 1.54) is 5.56 Å². The van der Waals surface area contributed by atoms with E-state index >= 15 is 0 Å². The zero-order valence-corrected chi connectivity index (χ0v) is 20.6. The lowest BCUT2D eigenvalue weighted by Crippen LogP contribution is -2.27. The number of amides is 1. The van der Waals surface area contributed by atoms with Gasteiger partial charge in [0.2, 0.25) is 5.91 Å². The van der Waals surface area contributed by atoms with Crippen LogP contribution in [-0.4, -0.2) is 17.4 Å². The predicted molar refractivity (Wildman–Crippen MR) is 139 cm³/mol. The van der Waals surface area contributed by atoms with Crippen LogP contribution >= 0.6 is 34.8 Å². The number of halogens is 3. The topological polar surface area (TPSA) is 44.9 Å². The summed E-state index contributed by atoms with van der Waals surface area (Å²) >= 11 is 18.4. The van der Waals surface area contributed by atoms with Crippen LogP contribution in [0.1, 0.15) is 41.5 Å². The molecule has 0 aliphatic heterocycles. The predicted octanol–water partition coefficient (Wildman–Crippen LogP) is 7.57. The molecular formula is C27H25Cl3N2O. The maximum Gasteiger partial charge on any atom is 0.220 e. The van der Waals surface area contributed by atoms with Crippen molar-refractivity contribution in [1.82, 2.24) is 10.3 Å². The Bertz CT molecular complexity index is 1260. The standard InChI is InChI=1S/C27H25Cl3N2O/c1-2-17-4-3-5-22-24(16-32-27(17)22)23(18-6-9-20(28)10-7-18)15-26(33)31-13-12-19-8-11-21(29)14-25(19)30/h3-11,14,16,23,32H,2,12-13,15H2,1H3,(H,31,33)/t23-/m1/s1. The number of aromatic amines is 1. The highest BCUT2D eigenvalue weighted by atomic mass is 35.5. The number of aryl methyl sites for hydroxylation is 1. The second-order valence-electron chi connectivity index (χ2n) is 8.08. The van der Waals surface area contributed by atoms with Crippen LogP contribution in [0.5, 0.6) is 0 Å². The smallest absolute Gasteiger partial charge is 0.220 e. The number of carbonyl (C=O) groups excluding carboxylic acids is 1. The van der Waals surface area contributed by atoms with Crippen LogP contribution in [0.2, 0.25) is 15.1 Å². The molecule has 0 saturated heterocycles. The molecule has 6 heteroatoms. The first-order valence-electron chi connectivity index (χ1n) is 11.0. The molecule has 3 aromatic carbocycles. The molecule has 2 N–H and O–H groups in total. The van der Waals surface area contributed by atoms with Gasteiger partial charge >= 0.3 is 0 Å². The number of benzene rings is 3. The van der Waals surface area contributed by atoms with Crippen molar-refractivity contribution in [2.45, 2.75) is 32.1 Å². The summed E-state index contributed by atoms with van der Waals surface area (Å²) in [6, 6.07) is 19.5. The van der Waals surface area contributed by atoms with Gasteiger partial charge in [0.05, 0.1) is 0 Å². The van der Waals surface area contributed by atoms with Crippen LogP contribution in [0.4, 0.5) is 0 Å². The molecule has 1 heterocycles. The fourth-order valence-electron chi connectivity index (χ4n) is 4.24. The van der Waals surface area contributed by atoms with E-state index in [1.807, 2.05) is 42.6 Å². The van der Waals surface area contributed by atoms with Crippen LogP contribution < -0.4 is 5.32 Å². The van der Waals surface area contributed by atoms with E-state index in [0.29, 0.717) is 34.5 Å². The average molecular weight is 500 g/mol. The number of hydrogen-bond donors (Lipinski definition) is 2. The molecule has 1 atom stereocenters. The Morgan fingerprint density at radius 3 is 2.45 bits per heavy atom. The molecule has 0 aliphatic rings. The third-order valence-corrected chi connectivity index (χ3v) is 6.82. The van der Waals surface area contributed by atoms with E-state index in [2.05, 4.69) is 35.4 Å². The molecule has 1 aromatic heterocycles. The summed E-state index contributed by atoms with van der Waals surface area (Å²) in [5.41, 5.74) is 5.51. The Morgan fingerprint density at radius 2 is 1.73 bits per heavy atom. The first-order valence-corrected chi connectivity index (χ1v) is 12.1. The van der Waals surface area contributed by atoms with E-state index in [9.17, 15) is 4.79 Å². The highest BCUT2D eigenvalue weighted by Crippen LogP contribution is 2.35. The van der Waals surface area contributed by atoms with E-state index in [-0.39, 0.29) is 11.8 Å². The van der Waals surface area contributed by atoms with Crippen LogP contribution in [-0.2, 0) is 17.6 Å². The maximum atomic E-state index is 13.0. The molecule has 0 saturated carbocycles. The van der Waals surface area contributed by atoms with E-state index in [4.69, 9.17) is 34.8 Å². The van der Waals surface area contributed by atoms with Gasteiger partial charge in [0, 0.05) is 51.1 Å². The third-order valence-electron chi connectivity index (χ3n) is 5.98. The summed E-state index contributed by atoms with van der Waals surface area (Å²) in [5.74, 6) is -0.108. The minimum atomic E-state index is -0.0951.